The van der Waals surface area contributed by atoms with Crippen molar-refractivity contribution in [1.82, 2.24) is 10.2 Å². The van der Waals surface area contributed by atoms with E-state index < -0.39 is 0 Å². The summed E-state index contributed by atoms with van der Waals surface area (Å²) >= 11 is 0. The van der Waals surface area contributed by atoms with Gasteiger partial charge in [-0.25, -0.2) is 0 Å². The Labute approximate surface area is 122 Å². The Hall–Kier alpha value is -1.26. The van der Waals surface area contributed by atoms with E-state index in [0.717, 1.165) is 31.0 Å². The molecule has 2 atom stereocenters. The Morgan fingerprint density at radius 2 is 2.00 bits per heavy atom. The minimum atomic E-state index is 0.313. The minimum absolute atomic E-state index is 0.313. The average molecular weight is 278 g/mol. The smallest absolute Gasteiger partial charge is 0.231 e. The second kappa shape index (κ2) is 6.95. The number of nitrogens with one attached hydrogen (secondary N) is 1. The second-order valence-corrected chi connectivity index (χ2v) is 5.42. The molecule has 4 heteroatoms. The first-order valence-electron chi connectivity index (χ1n) is 7.48. The van der Waals surface area contributed by atoms with Crippen LogP contribution >= 0.6 is 0 Å². The molecule has 2 rings (SSSR count). The highest BCUT2D eigenvalue weighted by Crippen LogP contribution is 2.34. The molecular weight excluding hydrogens is 252 g/mol. The van der Waals surface area contributed by atoms with Gasteiger partial charge in [-0.15, -0.1) is 0 Å². The molecule has 0 bridgehead atoms. The maximum atomic E-state index is 5.48. The number of hydrogen-bond donors (Lipinski definition) is 1. The summed E-state index contributed by atoms with van der Waals surface area (Å²) in [5.41, 5.74) is 1.26. The quantitative estimate of drug-likeness (QED) is 0.831. The van der Waals surface area contributed by atoms with E-state index in [1.54, 1.807) is 0 Å². The summed E-state index contributed by atoms with van der Waals surface area (Å²) < 4.78 is 10.9. The predicted molar refractivity (Wildman–Crippen MR) is 81.4 cm³/mol. The largest absolute Gasteiger partial charge is 0.454 e. The molecule has 1 aliphatic heterocycles. The molecule has 1 aromatic rings. The van der Waals surface area contributed by atoms with Crippen molar-refractivity contribution in [3.8, 4) is 11.5 Å². The molecule has 0 amide bonds. The summed E-state index contributed by atoms with van der Waals surface area (Å²) in [5, 5.41) is 3.56. The molecule has 1 heterocycles. The highest BCUT2D eigenvalue weighted by Gasteiger charge is 2.19. The van der Waals surface area contributed by atoms with Crippen LogP contribution in [-0.2, 0) is 0 Å². The van der Waals surface area contributed by atoms with Gasteiger partial charge in [-0.2, -0.15) is 0 Å². The highest BCUT2D eigenvalue weighted by atomic mass is 16.7. The van der Waals surface area contributed by atoms with Crippen LogP contribution in [0.5, 0.6) is 11.5 Å². The number of fused-ring (bicyclic) bond motifs is 1. The molecule has 112 valence electrons. The number of rotatable bonds is 7. The maximum absolute atomic E-state index is 5.48. The molecule has 0 spiro atoms. The zero-order chi connectivity index (χ0) is 14.5. The van der Waals surface area contributed by atoms with E-state index in [1.165, 1.54) is 5.56 Å². The molecule has 0 fully saturated rings. The van der Waals surface area contributed by atoms with E-state index in [-0.39, 0.29) is 0 Å². The topological polar surface area (TPSA) is 33.7 Å². The van der Waals surface area contributed by atoms with Gasteiger partial charge >= 0.3 is 0 Å². The lowest BCUT2D eigenvalue weighted by Crippen LogP contribution is -2.37. The van der Waals surface area contributed by atoms with E-state index >= 15 is 0 Å². The molecule has 1 aliphatic rings. The van der Waals surface area contributed by atoms with Gasteiger partial charge in [0.15, 0.2) is 11.5 Å². The van der Waals surface area contributed by atoms with Crippen molar-refractivity contribution >= 4 is 0 Å². The van der Waals surface area contributed by atoms with E-state index in [0.29, 0.717) is 18.9 Å². The molecule has 1 aromatic carbocycles. The molecule has 20 heavy (non-hydrogen) atoms. The normalized spacial score (nSPS) is 16.4. The van der Waals surface area contributed by atoms with Crippen LogP contribution in [0.4, 0.5) is 0 Å². The molecular formula is C16H26N2O2. The number of ether oxygens (including phenoxy) is 2. The first-order chi connectivity index (χ1) is 9.65. The Morgan fingerprint density at radius 3 is 2.70 bits per heavy atom. The SMILES string of the molecule is CCNC(CN(C)C(C)CC)c1ccc2c(c1)OCO2. The molecule has 0 aliphatic carbocycles. The Balaban J connectivity index is 2.11. The standard InChI is InChI=1S/C16H26N2O2/c1-5-12(3)18(4)10-14(17-6-2)13-7-8-15-16(9-13)20-11-19-15/h7-9,12,14,17H,5-6,10-11H2,1-4H3. The fourth-order valence-corrected chi connectivity index (χ4v) is 2.44. The number of benzene rings is 1. The van der Waals surface area contributed by atoms with Crippen molar-refractivity contribution < 1.29 is 9.47 Å². The molecule has 1 N–H and O–H groups in total. The van der Waals surface area contributed by atoms with Crippen LogP contribution in [0.1, 0.15) is 38.8 Å². The van der Waals surface area contributed by atoms with Crippen LogP contribution in [0.2, 0.25) is 0 Å². The van der Waals surface area contributed by atoms with Gasteiger partial charge in [0, 0.05) is 18.6 Å². The van der Waals surface area contributed by atoms with E-state index in [2.05, 4.69) is 50.2 Å². The van der Waals surface area contributed by atoms with Gasteiger partial charge < -0.3 is 19.7 Å². The van der Waals surface area contributed by atoms with Gasteiger partial charge in [0.25, 0.3) is 0 Å². The fourth-order valence-electron chi connectivity index (χ4n) is 2.44. The lowest BCUT2D eigenvalue weighted by Gasteiger charge is -2.29. The van der Waals surface area contributed by atoms with Gasteiger partial charge in [-0.3, -0.25) is 0 Å². The summed E-state index contributed by atoms with van der Waals surface area (Å²) in [4.78, 5) is 2.40. The van der Waals surface area contributed by atoms with Crippen molar-refractivity contribution in [2.45, 2.75) is 39.3 Å². The zero-order valence-corrected chi connectivity index (χ0v) is 13.0. The summed E-state index contributed by atoms with van der Waals surface area (Å²) in [6.07, 6.45) is 1.16. The maximum Gasteiger partial charge on any atom is 0.231 e. The summed E-state index contributed by atoms with van der Waals surface area (Å²) in [5.74, 6) is 1.70. The lowest BCUT2D eigenvalue weighted by molar-refractivity contribution is 0.174. The van der Waals surface area contributed by atoms with Crippen LogP contribution in [-0.4, -0.2) is 37.9 Å². The van der Waals surface area contributed by atoms with Gasteiger partial charge in [0.2, 0.25) is 6.79 Å². The van der Waals surface area contributed by atoms with Gasteiger partial charge in [-0.05, 0) is 44.6 Å². The first-order valence-corrected chi connectivity index (χ1v) is 7.48. The number of hydrogen-bond acceptors (Lipinski definition) is 4. The Kier molecular flexibility index (Phi) is 5.26. The monoisotopic (exact) mass is 278 g/mol. The van der Waals surface area contributed by atoms with E-state index in [1.807, 2.05) is 6.07 Å². The lowest BCUT2D eigenvalue weighted by atomic mass is 10.0. The van der Waals surface area contributed by atoms with Crippen molar-refractivity contribution in [2.75, 3.05) is 26.9 Å². The summed E-state index contributed by atoms with van der Waals surface area (Å²) in [7, 11) is 2.19. The third-order valence-corrected chi connectivity index (χ3v) is 4.06. The molecule has 2 unspecified atom stereocenters. The van der Waals surface area contributed by atoms with E-state index in [4.69, 9.17) is 9.47 Å². The van der Waals surface area contributed by atoms with Crippen molar-refractivity contribution in [1.29, 1.82) is 0 Å². The van der Waals surface area contributed by atoms with E-state index in [9.17, 15) is 0 Å². The molecule has 0 aromatic heterocycles. The third kappa shape index (κ3) is 3.44. The first kappa shape index (κ1) is 15.1. The Bertz CT molecular complexity index is 436. The highest BCUT2D eigenvalue weighted by molar-refractivity contribution is 5.45. The number of likely N-dealkylation sites (N-methyl/N-ethyl adjacent to an activating group) is 2. The minimum Gasteiger partial charge on any atom is -0.454 e. The predicted octanol–water partition coefficient (Wildman–Crippen LogP) is 2.80. The van der Waals surface area contributed by atoms with Crippen molar-refractivity contribution in [2.24, 2.45) is 0 Å². The molecule has 0 saturated heterocycles. The average Bonchev–Trinajstić information content (AvgIpc) is 2.93. The van der Waals surface area contributed by atoms with Crippen LogP contribution in [0.3, 0.4) is 0 Å². The second-order valence-electron chi connectivity index (χ2n) is 5.42. The van der Waals surface area contributed by atoms with Gasteiger partial charge in [0.05, 0.1) is 0 Å². The molecule has 4 nitrogen and oxygen atoms in total. The Morgan fingerprint density at radius 1 is 1.25 bits per heavy atom. The number of nitrogens with zero attached hydrogens (tertiary/aromatic N) is 1. The van der Waals surface area contributed by atoms with Crippen LogP contribution in [0, 0.1) is 0 Å². The summed E-state index contributed by atoms with van der Waals surface area (Å²) in [6, 6.07) is 7.13. The fraction of sp³-hybridized carbons (Fsp3) is 0.625. The van der Waals surface area contributed by atoms with Crippen LogP contribution < -0.4 is 14.8 Å². The van der Waals surface area contributed by atoms with Crippen molar-refractivity contribution in [3.63, 3.8) is 0 Å². The third-order valence-electron chi connectivity index (χ3n) is 4.06. The van der Waals surface area contributed by atoms with Crippen LogP contribution in [0.25, 0.3) is 0 Å². The molecule has 0 saturated carbocycles. The van der Waals surface area contributed by atoms with Crippen molar-refractivity contribution in [3.05, 3.63) is 23.8 Å². The van der Waals surface area contributed by atoms with Gasteiger partial charge in [0.1, 0.15) is 0 Å². The van der Waals surface area contributed by atoms with Gasteiger partial charge in [-0.1, -0.05) is 19.9 Å². The summed E-state index contributed by atoms with van der Waals surface area (Å²) in [6.45, 7) is 8.91. The van der Waals surface area contributed by atoms with Crippen LogP contribution in [0.15, 0.2) is 18.2 Å². The molecule has 0 radical (unpaired) electrons. The zero-order valence-electron chi connectivity index (χ0n) is 13.0.